The summed E-state index contributed by atoms with van der Waals surface area (Å²) in [6.07, 6.45) is 4.07. The number of hydrogen-bond donors (Lipinski definition) is 2. The second kappa shape index (κ2) is 11.2. The average molecular weight is 283 g/mol. The summed E-state index contributed by atoms with van der Waals surface area (Å²) in [5.41, 5.74) is 0. The Bertz CT molecular complexity index is 174. The number of halogens is 2. The molecule has 0 aliphatic carbocycles. The van der Waals surface area contributed by atoms with E-state index in [9.17, 15) is 4.57 Å². The zero-order valence-electron chi connectivity index (χ0n) is 9.09. The zero-order valence-corrected chi connectivity index (χ0v) is 11.6. The molecule has 0 aromatic carbocycles. The molecule has 0 aliphatic rings. The van der Waals surface area contributed by atoms with Gasteiger partial charge in [-0.3, -0.25) is 4.52 Å². The molecule has 0 saturated heterocycles. The lowest BCUT2D eigenvalue weighted by Crippen LogP contribution is -2.07. The van der Waals surface area contributed by atoms with Crippen LogP contribution in [0.3, 0.4) is 0 Å². The van der Waals surface area contributed by atoms with E-state index >= 15 is 0 Å². The van der Waals surface area contributed by atoms with Crippen molar-refractivity contribution in [1.82, 2.24) is 0 Å². The molecule has 0 spiro atoms. The molecular formula is C8H21Cl2O4P. The Morgan fingerprint density at radius 1 is 1.27 bits per heavy atom. The summed E-state index contributed by atoms with van der Waals surface area (Å²) in [4.78, 5) is 17.0. The van der Waals surface area contributed by atoms with Crippen LogP contribution in [0.25, 0.3) is 0 Å². The fraction of sp³-hybridized carbons (Fsp3) is 1.00. The Labute approximate surface area is 104 Å². The molecule has 0 aliphatic heterocycles. The van der Waals surface area contributed by atoms with E-state index in [2.05, 4.69) is 11.4 Å². The van der Waals surface area contributed by atoms with Gasteiger partial charge >= 0.3 is 7.82 Å². The third-order valence-electron chi connectivity index (χ3n) is 2.02. The quantitative estimate of drug-likeness (QED) is 0.704. The number of phosphoric ester groups is 1. The lowest BCUT2D eigenvalue weighted by atomic mass is 10.0. The first-order valence-electron chi connectivity index (χ1n) is 4.69. The highest BCUT2D eigenvalue weighted by Gasteiger charge is 2.16. The molecular weight excluding hydrogens is 262 g/mol. The molecule has 0 rings (SSSR count). The van der Waals surface area contributed by atoms with Crippen LogP contribution in [-0.2, 0) is 9.09 Å². The maximum Gasteiger partial charge on any atom is 0.469 e. The Hall–Kier alpha value is 0.690. The SMILES string of the molecule is CCCCC(CC)COP(=O)(O)O.Cl.Cl. The lowest BCUT2D eigenvalue weighted by Gasteiger charge is -2.14. The van der Waals surface area contributed by atoms with Gasteiger partial charge in [0.25, 0.3) is 0 Å². The maximum atomic E-state index is 10.4. The Kier molecular flexibility index (Phi) is 15.7. The minimum atomic E-state index is -4.26. The van der Waals surface area contributed by atoms with E-state index in [0.29, 0.717) is 0 Å². The molecule has 2 N–H and O–H groups in total. The highest BCUT2D eigenvalue weighted by molar-refractivity contribution is 7.46. The molecule has 0 amide bonds. The maximum absolute atomic E-state index is 10.4. The summed E-state index contributed by atoms with van der Waals surface area (Å²) >= 11 is 0. The molecule has 0 aromatic rings. The average Bonchev–Trinajstić information content (AvgIpc) is 2.03. The van der Waals surface area contributed by atoms with E-state index in [1.165, 1.54) is 0 Å². The molecule has 4 nitrogen and oxygen atoms in total. The third-order valence-corrected chi connectivity index (χ3v) is 2.51. The van der Waals surface area contributed by atoms with Gasteiger partial charge in [-0.25, -0.2) is 4.57 Å². The Morgan fingerprint density at radius 2 is 1.80 bits per heavy atom. The van der Waals surface area contributed by atoms with E-state index < -0.39 is 7.82 Å². The molecule has 96 valence electrons. The summed E-state index contributed by atoms with van der Waals surface area (Å²) < 4.78 is 14.8. The van der Waals surface area contributed by atoms with Crippen LogP contribution in [0.4, 0.5) is 0 Å². The van der Waals surface area contributed by atoms with E-state index in [0.717, 1.165) is 25.7 Å². The summed E-state index contributed by atoms with van der Waals surface area (Å²) in [5, 5.41) is 0. The molecule has 7 heteroatoms. The van der Waals surface area contributed by atoms with Crippen LogP contribution < -0.4 is 0 Å². The highest BCUT2D eigenvalue weighted by atomic mass is 35.5. The molecule has 0 heterocycles. The number of unbranched alkanes of at least 4 members (excludes halogenated alkanes) is 1. The number of rotatable bonds is 7. The van der Waals surface area contributed by atoms with E-state index in [1.807, 2.05) is 6.92 Å². The van der Waals surface area contributed by atoms with Crippen molar-refractivity contribution in [3.05, 3.63) is 0 Å². The first-order valence-corrected chi connectivity index (χ1v) is 6.22. The molecule has 1 unspecified atom stereocenters. The van der Waals surface area contributed by atoms with Gasteiger partial charge in [0.1, 0.15) is 0 Å². The zero-order chi connectivity index (χ0) is 10.3. The number of hydrogen-bond acceptors (Lipinski definition) is 2. The summed E-state index contributed by atoms with van der Waals surface area (Å²) in [5.74, 6) is 0.271. The smallest absolute Gasteiger partial charge is 0.303 e. The van der Waals surface area contributed by atoms with Crippen LogP contribution in [0.15, 0.2) is 0 Å². The number of phosphoric acid groups is 1. The Morgan fingerprint density at radius 3 is 2.13 bits per heavy atom. The Balaban J connectivity index is -0.000000720. The van der Waals surface area contributed by atoms with Crippen molar-refractivity contribution in [3.8, 4) is 0 Å². The lowest BCUT2D eigenvalue weighted by molar-refractivity contribution is 0.161. The van der Waals surface area contributed by atoms with Crippen molar-refractivity contribution >= 4 is 32.6 Å². The molecule has 1 atom stereocenters. The highest BCUT2D eigenvalue weighted by Crippen LogP contribution is 2.36. The van der Waals surface area contributed by atoms with Crippen molar-refractivity contribution in [2.45, 2.75) is 39.5 Å². The van der Waals surface area contributed by atoms with Crippen LogP contribution in [0.1, 0.15) is 39.5 Å². The first-order chi connectivity index (χ1) is 5.99. The fourth-order valence-electron chi connectivity index (χ4n) is 1.10. The van der Waals surface area contributed by atoms with Crippen LogP contribution in [0.5, 0.6) is 0 Å². The second-order valence-electron chi connectivity index (χ2n) is 3.20. The van der Waals surface area contributed by atoms with Crippen molar-refractivity contribution < 1.29 is 18.9 Å². The van der Waals surface area contributed by atoms with Gasteiger partial charge in [0, 0.05) is 0 Å². The van der Waals surface area contributed by atoms with Crippen LogP contribution >= 0.6 is 32.6 Å². The van der Waals surface area contributed by atoms with Crippen molar-refractivity contribution in [3.63, 3.8) is 0 Å². The van der Waals surface area contributed by atoms with Gasteiger partial charge in [-0.1, -0.05) is 33.1 Å². The van der Waals surface area contributed by atoms with E-state index in [4.69, 9.17) is 9.79 Å². The second-order valence-corrected chi connectivity index (χ2v) is 4.44. The molecule has 0 fully saturated rings. The van der Waals surface area contributed by atoms with Crippen LogP contribution in [-0.4, -0.2) is 16.4 Å². The summed E-state index contributed by atoms with van der Waals surface area (Å²) in [6, 6.07) is 0. The summed E-state index contributed by atoms with van der Waals surface area (Å²) in [7, 11) is -4.26. The molecule has 0 aromatic heterocycles. The van der Waals surface area contributed by atoms with Gasteiger partial charge in [-0.2, -0.15) is 0 Å². The minimum absolute atomic E-state index is 0. The largest absolute Gasteiger partial charge is 0.469 e. The van der Waals surface area contributed by atoms with Gasteiger partial charge in [-0.05, 0) is 12.3 Å². The standard InChI is InChI=1S/C8H19O4P.2ClH/c1-3-5-6-8(4-2)7-12-13(9,10)11;;/h8H,3-7H2,1-2H3,(H2,9,10,11);2*1H. The van der Waals surface area contributed by atoms with Crippen molar-refractivity contribution in [2.75, 3.05) is 6.61 Å². The molecule has 0 bridgehead atoms. The predicted molar refractivity (Wildman–Crippen MR) is 65.8 cm³/mol. The molecule has 15 heavy (non-hydrogen) atoms. The van der Waals surface area contributed by atoms with Gasteiger partial charge in [-0.15, -0.1) is 24.8 Å². The predicted octanol–water partition coefficient (Wildman–Crippen LogP) is 3.16. The van der Waals surface area contributed by atoms with Crippen molar-refractivity contribution in [1.29, 1.82) is 0 Å². The topological polar surface area (TPSA) is 66.8 Å². The van der Waals surface area contributed by atoms with Gasteiger partial charge in [0.15, 0.2) is 0 Å². The van der Waals surface area contributed by atoms with Crippen LogP contribution in [0.2, 0.25) is 0 Å². The van der Waals surface area contributed by atoms with Gasteiger partial charge in [0.2, 0.25) is 0 Å². The third kappa shape index (κ3) is 14.7. The van der Waals surface area contributed by atoms with Crippen molar-refractivity contribution in [2.24, 2.45) is 5.92 Å². The monoisotopic (exact) mass is 282 g/mol. The van der Waals surface area contributed by atoms with Gasteiger partial charge < -0.3 is 9.79 Å². The van der Waals surface area contributed by atoms with Crippen LogP contribution in [0, 0.1) is 5.92 Å². The van der Waals surface area contributed by atoms with E-state index in [1.54, 1.807) is 0 Å². The minimum Gasteiger partial charge on any atom is -0.303 e. The van der Waals surface area contributed by atoms with Gasteiger partial charge in [0.05, 0.1) is 6.61 Å². The summed E-state index contributed by atoms with van der Waals surface area (Å²) in [6.45, 7) is 4.26. The first kappa shape index (κ1) is 21.0. The molecule has 0 radical (unpaired) electrons. The normalized spacial score (nSPS) is 12.5. The van der Waals surface area contributed by atoms with E-state index in [-0.39, 0.29) is 37.3 Å². The molecule has 0 saturated carbocycles. The fourth-order valence-corrected chi connectivity index (χ4v) is 1.51.